The van der Waals surface area contributed by atoms with E-state index in [2.05, 4.69) is 21.2 Å². The summed E-state index contributed by atoms with van der Waals surface area (Å²) < 4.78 is 25.7. The van der Waals surface area contributed by atoms with E-state index < -0.39 is 23.7 Å². The smallest absolute Gasteiger partial charge is 0.336 e. The van der Waals surface area contributed by atoms with Crippen molar-refractivity contribution in [1.82, 2.24) is 5.32 Å². The van der Waals surface area contributed by atoms with E-state index >= 15 is 0 Å². The Hall–Kier alpha value is -3.20. The maximum Gasteiger partial charge on any atom is 0.336 e. The van der Waals surface area contributed by atoms with Crippen molar-refractivity contribution in [3.63, 3.8) is 0 Å². The molecule has 0 atom stereocenters. The standard InChI is InChI=1S/C21H18BrFN2O5/c1-3-8-30-18-14(22)10-12(11-17(18)29-2)9-13-19(26)24-21(28)25(20(13)27)16-7-5-4-6-15(16)23/h4-7,9-11H,3,8H2,1-2H3,(H,24,26,28). The fraction of sp³-hybridized carbons (Fsp3) is 0.190. The molecule has 0 spiro atoms. The van der Waals surface area contributed by atoms with Crippen LogP contribution < -0.4 is 19.7 Å². The molecular formula is C21H18BrFN2O5. The highest BCUT2D eigenvalue weighted by molar-refractivity contribution is 9.10. The van der Waals surface area contributed by atoms with Crippen molar-refractivity contribution in [2.75, 3.05) is 18.6 Å². The number of benzene rings is 2. The zero-order valence-corrected chi connectivity index (χ0v) is 17.8. The minimum atomic E-state index is -1.02. The van der Waals surface area contributed by atoms with E-state index in [1.807, 2.05) is 6.92 Å². The molecule has 0 saturated carbocycles. The van der Waals surface area contributed by atoms with Gasteiger partial charge in [0.1, 0.15) is 11.4 Å². The summed E-state index contributed by atoms with van der Waals surface area (Å²) in [6.45, 7) is 2.45. The number of para-hydroxylation sites is 1. The van der Waals surface area contributed by atoms with Crippen LogP contribution in [0.1, 0.15) is 18.9 Å². The summed E-state index contributed by atoms with van der Waals surface area (Å²) in [6.07, 6.45) is 2.10. The number of nitrogens with one attached hydrogen (secondary N) is 1. The number of hydrogen-bond donors (Lipinski definition) is 1. The second kappa shape index (κ2) is 9.08. The molecule has 9 heteroatoms. The maximum absolute atomic E-state index is 14.2. The van der Waals surface area contributed by atoms with Crippen molar-refractivity contribution < 1.29 is 28.2 Å². The Morgan fingerprint density at radius 3 is 2.60 bits per heavy atom. The molecule has 1 aliphatic rings. The highest BCUT2D eigenvalue weighted by Gasteiger charge is 2.38. The van der Waals surface area contributed by atoms with Crippen LogP contribution in [-0.2, 0) is 9.59 Å². The molecule has 2 aromatic rings. The molecule has 1 saturated heterocycles. The Morgan fingerprint density at radius 1 is 1.20 bits per heavy atom. The summed E-state index contributed by atoms with van der Waals surface area (Å²) in [7, 11) is 1.47. The molecule has 0 unspecified atom stereocenters. The summed E-state index contributed by atoms with van der Waals surface area (Å²) in [4.78, 5) is 38.0. The number of hydrogen-bond acceptors (Lipinski definition) is 5. The Labute approximate surface area is 180 Å². The number of barbiturate groups is 1. The van der Waals surface area contributed by atoms with Gasteiger partial charge in [-0.15, -0.1) is 0 Å². The number of imide groups is 2. The highest BCUT2D eigenvalue weighted by atomic mass is 79.9. The lowest BCUT2D eigenvalue weighted by atomic mass is 10.1. The number of anilines is 1. The Balaban J connectivity index is 2.02. The van der Waals surface area contributed by atoms with E-state index in [0.29, 0.717) is 33.0 Å². The number of urea groups is 1. The number of nitrogens with zero attached hydrogens (tertiary/aromatic N) is 1. The van der Waals surface area contributed by atoms with Crippen LogP contribution in [0.3, 0.4) is 0 Å². The normalized spacial score (nSPS) is 15.4. The third-order valence-corrected chi connectivity index (χ3v) is 4.80. The van der Waals surface area contributed by atoms with Crippen LogP contribution in [0, 0.1) is 5.82 Å². The molecule has 0 aliphatic carbocycles. The van der Waals surface area contributed by atoms with Crippen LogP contribution >= 0.6 is 15.9 Å². The first-order chi connectivity index (χ1) is 14.4. The minimum Gasteiger partial charge on any atom is -0.493 e. The van der Waals surface area contributed by atoms with Crippen molar-refractivity contribution in [3.8, 4) is 11.5 Å². The molecule has 0 bridgehead atoms. The molecule has 0 radical (unpaired) electrons. The second-order valence-corrected chi connectivity index (χ2v) is 7.15. The van der Waals surface area contributed by atoms with E-state index in [9.17, 15) is 18.8 Å². The quantitative estimate of drug-likeness (QED) is 0.502. The van der Waals surface area contributed by atoms with Crippen LogP contribution in [0.4, 0.5) is 14.9 Å². The molecule has 1 heterocycles. The Kier molecular flexibility index (Phi) is 6.51. The fourth-order valence-corrected chi connectivity index (χ4v) is 3.42. The van der Waals surface area contributed by atoms with Crippen molar-refractivity contribution >= 4 is 45.5 Å². The van der Waals surface area contributed by atoms with E-state index in [4.69, 9.17) is 9.47 Å². The number of halogens is 2. The van der Waals surface area contributed by atoms with Gasteiger partial charge < -0.3 is 9.47 Å². The number of ether oxygens (including phenoxy) is 2. The van der Waals surface area contributed by atoms with Crippen molar-refractivity contribution in [3.05, 3.63) is 57.8 Å². The molecule has 1 fully saturated rings. The molecule has 1 N–H and O–H groups in total. The largest absolute Gasteiger partial charge is 0.493 e. The lowest BCUT2D eigenvalue weighted by Gasteiger charge is -2.26. The van der Waals surface area contributed by atoms with Gasteiger partial charge in [0, 0.05) is 0 Å². The zero-order chi connectivity index (χ0) is 21.8. The van der Waals surface area contributed by atoms with E-state index in [1.54, 1.807) is 12.1 Å². The average Bonchev–Trinajstić information content (AvgIpc) is 2.71. The number of carbonyl (C=O) groups is 3. The van der Waals surface area contributed by atoms with Crippen LogP contribution in [-0.4, -0.2) is 31.6 Å². The SMILES string of the molecule is CCCOc1c(Br)cc(C=C2C(=O)NC(=O)N(c3ccccc3F)C2=O)cc1OC. The minimum absolute atomic E-state index is 0.250. The van der Waals surface area contributed by atoms with Crippen LogP contribution in [0.2, 0.25) is 0 Å². The lowest BCUT2D eigenvalue weighted by Crippen LogP contribution is -2.54. The molecule has 1 aliphatic heterocycles. The molecule has 2 aromatic carbocycles. The van der Waals surface area contributed by atoms with Gasteiger partial charge in [0.15, 0.2) is 11.5 Å². The third-order valence-electron chi connectivity index (χ3n) is 4.21. The van der Waals surface area contributed by atoms with Gasteiger partial charge in [-0.3, -0.25) is 14.9 Å². The Bertz CT molecular complexity index is 1050. The number of carbonyl (C=O) groups excluding carboxylic acids is 3. The number of rotatable bonds is 6. The van der Waals surface area contributed by atoms with Crippen LogP contribution in [0.5, 0.6) is 11.5 Å². The predicted octanol–water partition coefficient (Wildman–Crippen LogP) is 4.05. The van der Waals surface area contributed by atoms with E-state index in [0.717, 1.165) is 12.5 Å². The van der Waals surface area contributed by atoms with E-state index in [-0.39, 0.29) is 11.3 Å². The van der Waals surface area contributed by atoms with Crippen molar-refractivity contribution in [1.29, 1.82) is 0 Å². The fourth-order valence-electron chi connectivity index (χ4n) is 2.84. The van der Waals surface area contributed by atoms with Gasteiger partial charge in [0.05, 0.1) is 23.9 Å². The van der Waals surface area contributed by atoms with Gasteiger partial charge >= 0.3 is 6.03 Å². The van der Waals surface area contributed by atoms with Crippen molar-refractivity contribution in [2.24, 2.45) is 0 Å². The highest BCUT2D eigenvalue weighted by Crippen LogP contribution is 2.37. The molecule has 3 rings (SSSR count). The van der Waals surface area contributed by atoms with Gasteiger partial charge in [0.2, 0.25) is 0 Å². The predicted molar refractivity (Wildman–Crippen MR) is 112 cm³/mol. The Morgan fingerprint density at radius 2 is 1.93 bits per heavy atom. The first-order valence-corrected chi connectivity index (χ1v) is 9.83. The molecule has 7 nitrogen and oxygen atoms in total. The van der Waals surface area contributed by atoms with Gasteiger partial charge in [-0.05, 0) is 58.3 Å². The summed E-state index contributed by atoms with van der Waals surface area (Å²) in [6, 6.07) is 7.52. The average molecular weight is 477 g/mol. The molecule has 0 aromatic heterocycles. The summed E-state index contributed by atoms with van der Waals surface area (Å²) in [5, 5.41) is 2.06. The molecule has 4 amide bonds. The van der Waals surface area contributed by atoms with Gasteiger partial charge in [-0.1, -0.05) is 19.1 Å². The monoisotopic (exact) mass is 476 g/mol. The topological polar surface area (TPSA) is 84.9 Å². The van der Waals surface area contributed by atoms with Gasteiger partial charge in [-0.2, -0.15) is 0 Å². The first kappa shape index (κ1) is 21.5. The van der Waals surface area contributed by atoms with Crippen molar-refractivity contribution in [2.45, 2.75) is 13.3 Å². The number of methoxy groups -OCH3 is 1. The van der Waals surface area contributed by atoms with Gasteiger partial charge in [0.25, 0.3) is 11.8 Å². The second-order valence-electron chi connectivity index (χ2n) is 6.29. The van der Waals surface area contributed by atoms with Gasteiger partial charge in [-0.25, -0.2) is 14.1 Å². The molecule has 30 heavy (non-hydrogen) atoms. The maximum atomic E-state index is 14.2. The van der Waals surface area contributed by atoms with Crippen LogP contribution in [0.15, 0.2) is 46.4 Å². The number of amides is 4. The third kappa shape index (κ3) is 4.20. The zero-order valence-electron chi connectivity index (χ0n) is 16.2. The summed E-state index contributed by atoms with van der Waals surface area (Å²) >= 11 is 3.40. The van der Waals surface area contributed by atoms with E-state index in [1.165, 1.54) is 31.4 Å². The van der Waals surface area contributed by atoms with Crippen LogP contribution in [0.25, 0.3) is 6.08 Å². The lowest BCUT2D eigenvalue weighted by molar-refractivity contribution is -0.122. The molecule has 156 valence electrons. The summed E-state index contributed by atoms with van der Waals surface area (Å²) in [5.41, 5.74) is -0.126. The first-order valence-electron chi connectivity index (χ1n) is 9.03. The summed E-state index contributed by atoms with van der Waals surface area (Å²) in [5.74, 6) is -1.69. The molecular weight excluding hydrogens is 459 g/mol.